The molecule has 3 rings (SSSR count). The number of sulfonamides is 1. The second-order valence-corrected chi connectivity index (χ2v) is 8.73. The molecule has 0 unspecified atom stereocenters. The Morgan fingerprint density at radius 2 is 1.53 bits per heavy atom. The first-order valence-corrected chi connectivity index (χ1v) is 10.9. The van der Waals surface area contributed by atoms with Gasteiger partial charge in [0.2, 0.25) is 10.0 Å². The van der Waals surface area contributed by atoms with Gasteiger partial charge in [0.25, 0.3) is 5.91 Å². The summed E-state index contributed by atoms with van der Waals surface area (Å²) in [6.45, 7) is -0.328. The van der Waals surface area contributed by atoms with Crippen molar-refractivity contribution in [2.24, 2.45) is 5.10 Å². The molecule has 0 bridgehead atoms. The molecule has 0 atom stereocenters. The first-order chi connectivity index (χ1) is 14.5. The van der Waals surface area contributed by atoms with Crippen LogP contribution in [0.4, 0.5) is 0 Å². The van der Waals surface area contributed by atoms with Crippen molar-refractivity contribution in [2.45, 2.75) is 11.4 Å². The van der Waals surface area contributed by atoms with Crippen molar-refractivity contribution in [3.63, 3.8) is 0 Å². The first kappa shape index (κ1) is 21.7. The number of benzene rings is 3. The zero-order chi connectivity index (χ0) is 21.4. The summed E-state index contributed by atoms with van der Waals surface area (Å²) in [7, 11) is -3.88. The molecular weight excluding hydrogens is 422 g/mol. The smallest absolute Gasteiger partial charge is 0.255 e. The van der Waals surface area contributed by atoms with Crippen LogP contribution in [0.25, 0.3) is 0 Å². The highest BCUT2D eigenvalue weighted by atomic mass is 35.5. The van der Waals surface area contributed by atoms with E-state index in [0.717, 1.165) is 9.87 Å². The van der Waals surface area contributed by atoms with E-state index in [1.165, 1.54) is 18.3 Å². The summed E-state index contributed by atoms with van der Waals surface area (Å²) in [6.07, 6.45) is 1.41. The van der Waals surface area contributed by atoms with E-state index in [9.17, 15) is 13.2 Å². The lowest BCUT2D eigenvalue weighted by Crippen LogP contribution is -2.39. The summed E-state index contributed by atoms with van der Waals surface area (Å²) < 4.78 is 27.3. The Kier molecular flexibility index (Phi) is 7.35. The molecule has 0 saturated carbocycles. The number of nitrogens with one attached hydrogen (secondary N) is 1. The summed E-state index contributed by atoms with van der Waals surface area (Å²) in [6, 6.07) is 24.1. The highest BCUT2D eigenvalue weighted by Crippen LogP contribution is 2.18. The minimum Gasteiger partial charge on any atom is -0.272 e. The quantitative estimate of drug-likeness (QED) is 0.427. The Bertz CT molecular complexity index is 1120. The number of halogens is 1. The lowest BCUT2D eigenvalue weighted by atomic mass is 10.2. The monoisotopic (exact) mass is 441 g/mol. The molecule has 1 N–H and O–H groups in total. The number of hydrogen-bond acceptors (Lipinski definition) is 4. The van der Waals surface area contributed by atoms with Crippen LogP contribution in [0.2, 0.25) is 5.02 Å². The molecule has 30 heavy (non-hydrogen) atoms. The number of carbonyl (C=O) groups is 1. The number of nitrogens with zero attached hydrogens (tertiary/aromatic N) is 2. The van der Waals surface area contributed by atoms with Gasteiger partial charge in [0, 0.05) is 17.1 Å². The molecule has 3 aromatic rings. The van der Waals surface area contributed by atoms with Gasteiger partial charge in [-0.05, 0) is 23.8 Å². The van der Waals surface area contributed by atoms with Gasteiger partial charge < -0.3 is 0 Å². The van der Waals surface area contributed by atoms with Crippen molar-refractivity contribution in [3.05, 3.63) is 101 Å². The van der Waals surface area contributed by atoms with Gasteiger partial charge in [-0.25, -0.2) is 13.8 Å². The molecule has 0 spiro atoms. The van der Waals surface area contributed by atoms with E-state index in [1.54, 1.807) is 54.6 Å². The van der Waals surface area contributed by atoms with Gasteiger partial charge in [-0.3, -0.25) is 4.79 Å². The molecule has 1 amide bonds. The fourth-order valence-electron chi connectivity index (χ4n) is 2.70. The lowest BCUT2D eigenvalue weighted by molar-refractivity contribution is -0.121. The van der Waals surface area contributed by atoms with Crippen LogP contribution >= 0.6 is 11.6 Å². The van der Waals surface area contributed by atoms with Crippen LogP contribution in [0.3, 0.4) is 0 Å². The number of hydrazone groups is 1. The highest BCUT2D eigenvalue weighted by molar-refractivity contribution is 7.89. The molecule has 6 nitrogen and oxygen atoms in total. The van der Waals surface area contributed by atoms with Crippen LogP contribution < -0.4 is 5.43 Å². The largest absolute Gasteiger partial charge is 0.272 e. The van der Waals surface area contributed by atoms with Gasteiger partial charge in [-0.1, -0.05) is 78.3 Å². The van der Waals surface area contributed by atoms with Gasteiger partial charge >= 0.3 is 0 Å². The molecule has 3 aromatic carbocycles. The van der Waals surface area contributed by atoms with Crippen LogP contribution in [0, 0.1) is 0 Å². The van der Waals surface area contributed by atoms with Gasteiger partial charge in [0.05, 0.1) is 17.7 Å². The Balaban J connectivity index is 1.76. The summed E-state index contributed by atoms with van der Waals surface area (Å²) in [5.74, 6) is -0.561. The lowest BCUT2D eigenvalue weighted by Gasteiger charge is -2.21. The third-order valence-corrected chi connectivity index (χ3v) is 6.35. The van der Waals surface area contributed by atoms with E-state index in [1.807, 2.05) is 18.2 Å². The van der Waals surface area contributed by atoms with Crippen LogP contribution in [-0.2, 0) is 21.4 Å². The van der Waals surface area contributed by atoms with Crippen molar-refractivity contribution in [1.29, 1.82) is 0 Å². The van der Waals surface area contributed by atoms with E-state index in [4.69, 9.17) is 11.6 Å². The molecule has 0 aromatic heterocycles. The van der Waals surface area contributed by atoms with Crippen LogP contribution in [0.1, 0.15) is 11.1 Å². The van der Waals surface area contributed by atoms with Crippen molar-refractivity contribution < 1.29 is 13.2 Å². The van der Waals surface area contributed by atoms with Crippen LogP contribution in [-0.4, -0.2) is 31.4 Å². The third kappa shape index (κ3) is 5.76. The fraction of sp³-hybridized carbons (Fsp3) is 0.0909. The summed E-state index contributed by atoms with van der Waals surface area (Å²) in [5, 5.41) is 4.38. The van der Waals surface area contributed by atoms with E-state index in [-0.39, 0.29) is 18.0 Å². The Labute approximate surface area is 180 Å². The number of amides is 1. The van der Waals surface area contributed by atoms with Crippen molar-refractivity contribution in [2.75, 3.05) is 6.54 Å². The zero-order valence-electron chi connectivity index (χ0n) is 16.0. The molecule has 0 aliphatic rings. The normalized spacial score (nSPS) is 11.7. The molecule has 0 aliphatic carbocycles. The molecule has 8 heteroatoms. The Morgan fingerprint density at radius 3 is 2.20 bits per heavy atom. The molecule has 0 saturated heterocycles. The van der Waals surface area contributed by atoms with Gasteiger partial charge in [-0.2, -0.15) is 9.41 Å². The first-order valence-electron chi connectivity index (χ1n) is 9.12. The molecule has 0 aliphatic heterocycles. The summed E-state index contributed by atoms with van der Waals surface area (Å²) in [5.41, 5.74) is 3.77. The van der Waals surface area contributed by atoms with Gasteiger partial charge in [0.1, 0.15) is 0 Å². The number of rotatable bonds is 8. The van der Waals surface area contributed by atoms with Gasteiger partial charge in [0.15, 0.2) is 0 Å². The number of carbonyl (C=O) groups excluding carboxylic acids is 1. The summed E-state index contributed by atoms with van der Waals surface area (Å²) in [4.78, 5) is 12.6. The summed E-state index contributed by atoms with van der Waals surface area (Å²) >= 11 is 6.05. The maximum atomic E-state index is 13.1. The SMILES string of the molecule is O=C(CN(Cc1ccccc1)S(=O)(=O)c1ccccc1)NN=Cc1ccccc1Cl. The number of hydrogen-bond donors (Lipinski definition) is 1. The molecule has 0 fully saturated rings. The predicted molar refractivity (Wildman–Crippen MR) is 118 cm³/mol. The minimum atomic E-state index is -3.88. The molecule has 154 valence electrons. The zero-order valence-corrected chi connectivity index (χ0v) is 17.6. The minimum absolute atomic E-state index is 0.0553. The maximum Gasteiger partial charge on any atom is 0.255 e. The van der Waals surface area contributed by atoms with Crippen molar-refractivity contribution in [3.8, 4) is 0 Å². The molecular formula is C22H20ClN3O3S. The van der Waals surface area contributed by atoms with E-state index in [0.29, 0.717) is 10.6 Å². The molecule has 0 heterocycles. The fourth-order valence-corrected chi connectivity index (χ4v) is 4.29. The average molecular weight is 442 g/mol. The Morgan fingerprint density at radius 1 is 0.933 bits per heavy atom. The standard InChI is InChI=1S/C22H20ClN3O3S/c23-21-14-8-7-11-19(21)15-24-25-22(27)17-26(16-18-9-3-1-4-10-18)30(28,29)20-12-5-2-6-13-20/h1-15H,16-17H2,(H,25,27). The topological polar surface area (TPSA) is 78.8 Å². The van der Waals surface area contributed by atoms with Crippen molar-refractivity contribution >= 4 is 33.7 Å². The second kappa shape index (κ2) is 10.2. The van der Waals surface area contributed by atoms with Crippen molar-refractivity contribution in [1.82, 2.24) is 9.73 Å². The van der Waals surface area contributed by atoms with Gasteiger partial charge in [-0.15, -0.1) is 0 Å². The van der Waals surface area contributed by atoms with E-state index in [2.05, 4.69) is 10.5 Å². The van der Waals surface area contributed by atoms with Crippen LogP contribution in [0.5, 0.6) is 0 Å². The highest BCUT2D eigenvalue weighted by Gasteiger charge is 2.26. The molecule has 0 radical (unpaired) electrons. The van der Waals surface area contributed by atoms with E-state index >= 15 is 0 Å². The third-order valence-electron chi connectivity index (χ3n) is 4.20. The second-order valence-electron chi connectivity index (χ2n) is 6.39. The van der Waals surface area contributed by atoms with E-state index < -0.39 is 15.9 Å². The predicted octanol–water partition coefficient (Wildman–Crippen LogP) is 3.68. The maximum absolute atomic E-state index is 13.1. The average Bonchev–Trinajstić information content (AvgIpc) is 2.76. The Hall–Kier alpha value is -3.00. The van der Waals surface area contributed by atoms with Crippen LogP contribution in [0.15, 0.2) is 94.9 Å².